The van der Waals surface area contributed by atoms with Gasteiger partial charge in [-0.25, -0.2) is 19.5 Å². The number of anilines is 1. The van der Waals surface area contributed by atoms with Crippen molar-refractivity contribution in [1.29, 1.82) is 0 Å². The van der Waals surface area contributed by atoms with Crippen molar-refractivity contribution in [1.82, 2.24) is 9.88 Å². The van der Waals surface area contributed by atoms with Crippen molar-refractivity contribution >= 4 is 77.8 Å². The van der Waals surface area contributed by atoms with Gasteiger partial charge in [0.15, 0.2) is 5.13 Å². The van der Waals surface area contributed by atoms with Crippen molar-refractivity contribution in [3.8, 4) is 0 Å². The topological polar surface area (TPSA) is 75.9 Å². The van der Waals surface area contributed by atoms with Gasteiger partial charge in [0.05, 0.1) is 33.1 Å². The average Bonchev–Trinajstić information content (AvgIpc) is 3.34. The molecular formula is C18H14BrCl2N3O4S. The Morgan fingerprint density at radius 1 is 1.38 bits per heavy atom. The number of nitrogens with zero attached hydrogens (tertiary/aromatic N) is 3. The van der Waals surface area contributed by atoms with Crippen LogP contribution in [0.4, 0.5) is 9.93 Å². The number of aromatic nitrogens is 1. The quantitative estimate of drug-likeness (QED) is 0.337. The van der Waals surface area contributed by atoms with E-state index in [0.29, 0.717) is 32.6 Å². The molecule has 2 amide bonds. The number of furan rings is 1. The zero-order valence-electron chi connectivity index (χ0n) is 15.0. The second kappa shape index (κ2) is 8.14. The van der Waals surface area contributed by atoms with Gasteiger partial charge in [-0.1, -0.05) is 50.5 Å². The lowest BCUT2D eigenvalue weighted by Crippen LogP contribution is -2.37. The number of hydrogen-bond acceptors (Lipinski definition) is 6. The average molecular weight is 519 g/mol. The summed E-state index contributed by atoms with van der Waals surface area (Å²) in [5.41, 5.74) is 1.41. The summed E-state index contributed by atoms with van der Waals surface area (Å²) in [6.45, 7) is 2.49. The Balaban J connectivity index is 1.67. The molecule has 7 nitrogen and oxygen atoms in total. The Kier molecular flexibility index (Phi) is 5.74. The summed E-state index contributed by atoms with van der Waals surface area (Å²) in [5.74, 6) is -0.564. The Hall–Kier alpha value is -1.81. The van der Waals surface area contributed by atoms with Gasteiger partial charge in [0.2, 0.25) is 12.0 Å². The van der Waals surface area contributed by atoms with Crippen LogP contribution >= 0.6 is 50.5 Å². The highest BCUT2D eigenvalue weighted by Crippen LogP contribution is 2.37. The first kappa shape index (κ1) is 20.5. The molecule has 0 spiro atoms. The van der Waals surface area contributed by atoms with Gasteiger partial charge < -0.3 is 14.1 Å². The van der Waals surface area contributed by atoms with Crippen LogP contribution in [-0.4, -0.2) is 46.5 Å². The first-order valence-electron chi connectivity index (χ1n) is 8.53. The van der Waals surface area contributed by atoms with Crippen LogP contribution in [-0.2, 0) is 4.74 Å². The number of urea groups is 1. The third-order valence-corrected chi connectivity index (χ3v) is 6.39. The molecule has 1 aromatic carbocycles. The summed E-state index contributed by atoms with van der Waals surface area (Å²) >= 11 is 16.8. The SMILES string of the molecule is Cc1coc(C(=O)OC2CN(CCBr)C(=O)N2c2nc3cc(Cl)c(Cl)cc3s2)c1. The number of fused-ring (bicyclic) bond motifs is 1. The van der Waals surface area contributed by atoms with E-state index < -0.39 is 12.2 Å². The van der Waals surface area contributed by atoms with Crippen LogP contribution < -0.4 is 4.90 Å². The number of hydrogen-bond donors (Lipinski definition) is 0. The molecule has 1 aliphatic rings. The van der Waals surface area contributed by atoms with Crippen molar-refractivity contribution in [3.05, 3.63) is 45.8 Å². The molecule has 3 heterocycles. The highest BCUT2D eigenvalue weighted by molar-refractivity contribution is 9.09. The molecule has 1 fully saturated rings. The van der Waals surface area contributed by atoms with Crippen molar-refractivity contribution in [2.75, 3.05) is 23.3 Å². The standard InChI is InChI=1S/C18H14BrCl2N3O4S/c1-9-4-13(27-8-9)16(25)28-15-7-23(3-2-19)18(26)24(15)17-22-12-5-10(20)11(21)6-14(12)29-17/h4-6,8,15H,2-3,7H2,1H3. The molecule has 0 saturated carbocycles. The molecule has 4 rings (SSSR count). The molecule has 0 bridgehead atoms. The predicted molar refractivity (Wildman–Crippen MR) is 116 cm³/mol. The molecule has 1 aliphatic heterocycles. The van der Waals surface area contributed by atoms with Gasteiger partial charge in [0.25, 0.3) is 0 Å². The monoisotopic (exact) mass is 517 g/mol. The molecule has 1 atom stereocenters. The number of ether oxygens (including phenoxy) is 1. The van der Waals surface area contributed by atoms with E-state index in [1.807, 2.05) is 0 Å². The molecule has 152 valence electrons. The van der Waals surface area contributed by atoms with E-state index in [0.717, 1.165) is 10.3 Å². The number of aryl methyl sites for hydroxylation is 1. The van der Waals surface area contributed by atoms with Crippen LogP contribution in [0.15, 0.2) is 28.9 Å². The Morgan fingerprint density at radius 3 is 2.83 bits per heavy atom. The normalized spacial score (nSPS) is 16.8. The Labute approximate surface area is 188 Å². The minimum atomic E-state index is -0.842. The van der Waals surface area contributed by atoms with E-state index in [4.69, 9.17) is 32.4 Å². The Morgan fingerprint density at radius 2 is 2.14 bits per heavy atom. The maximum Gasteiger partial charge on any atom is 0.376 e. The minimum Gasteiger partial charge on any atom is -0.457 e. The van der Waals surface area contributed by atoms with E-state index in [2.05, 4.69) is 20.9 Å². The molecular weight excluding hydrogens is 505 g/mol. The van der Waals surface area contributed by atoms with Gasteiger partial charge in [-0.3, -0.25) is 0 Å². The number of carbonyl (C=O) groups excluding carboxylic acids is 2. The number of benzene rings is 1. The first-order valence-corrected chi connectivity index (χ1v) is 11.2. The van der Waals surface area contributed by atoms with E-state index in [9.17, 15) is 9.59 Å². The van der Waals surface area contributed by atoms with Crippen LogP contribution in [0, 0.1) is 6.92 Å². The summed E-state index contributed by atoms with van der Waals surface area (Å²) in [4.78, 5) is 32.9. The molecule has 1 saturated heterocycles. The van der Waals surface area contributed by atoms with Gasteiger partial charge >= 0.3 is 12.0 Å². The van der Waals surface area contributed by atoms with Crippen LogP contribution in [0.5, 0.6) is 0 Å². The fraction of sp³-hybridized carbons (Fsp3) is 0.278. The van der Waals surface area contributed by atoms with Crippen molar-refractivity contribution in [2.45, 2.75) is 13.2 Å². The summed E-state index contributed by atoms with van der Waals surface area (Å²) in [6.07, 6.45) is 0.623. The number of amides is 2. The highest BCUT2D eigenvalue weighted by atomic mass is 79.9. The first-order chi connectivity index (χ1) is 13.9. The lowest BCUT2D eigenvalue weighted by atomic mass is 10.3. The largest absolute Gasteiger partial charge is 0.457 e. The number of rotatable bonds is 5. The molecule has 29 heavy (non-hydrogen) atoms. The number of esters is 1. The maximum absolute atomic E-state index is 13.0. The molecule has 0 radical (unpaired) electrons. The second-order valence-corrected chi connectivity index (χ2v) is 8.98. The summed E-state index contributed by atoms with van der Waals surface area (Å²) in [7, 11) is 0. The smallest absolute Gasteiger partial charge is 0.376 e. The number of alkyl halides is 1. The molecule has 0 aliphatic carbocycles. The van der Waals surface area contributed by atoms with Crippen LogP contribution in [0.25, 0.3) is 10.2 Å². The van der Waals surface area contributed by atoms with E-state index >= 15 is 0 Å². The zero-order valence-corrected chi connectivity index (χ0v) is 18.9. The summed E-state index contributed by atoms with van der Waals surface area (Å²) in [5, 5.41) is 1.77. The van der Waals surface area contributed by atoms with Crippen LogP contribution in [0.2, 0.25) is 10.0 Å². The van der Waals surface area contributed by atoms with Crippen LogP contribution in [0.1, 0.15) is 16.1 Å². The van der Waals surface area contributed by atoms with Crippen LogP contribution in [0.3, 0.4) is 0 Å². The number of thiazole rings is 1. The van der Waals surface area contributed by atoms with E-state index in [-0.39, 0.29) is 18.3 Å². The van der Waals surface area contributed by atoms with Gasteiger partial charge in [0.1, 0.15) is 0 Å². The summed E-state index contributed by atoms with van der Waals surface area (Å²) < 4.78 is 11.6. The van der Waals surface area contributed by atoms with Gasteiger partial charge in [-0.2, -0.15) is 0 Å². The lowest BCUT2D eigenvalue weighted by molar-refractivity contribution is 0.0291. The minimum absolute atomic E-state index is 0.0803. The fourth-order valence-electron chi connectivity index (χ4n) is 2.94. The van der Waals surface area contributed by atoms with Crippen molar-refractivity contribution in [2.24, 2.45) is 0 Å². The molecule has 3 aromatic rings. The molecule has 11 heteroatoms. The van der Waals surface area contributed by atoms with E-state index in [1.54, 1.807) is 30.0 Å². The molecule has 1 unspecified atom stereocenters. The summed E-state index contributed by atoms with van der Waals surface area (Å²) in [6, 6.07) is 4.63. The fourth-order valence-corrected chi connectivity index (χ4v) is 4.78. The van der Waals surface area contributed by atoms with Gasteiger partial charge in [0, 0.05) is 11.9 Å². The van der Waals surface area contributed by atoms with Crippen molar-refractivity contribution < 1.29 is 18.7 Å². The third kappa shape index (κ3) is 3.96. The Bertz CT molecular complexity index is 1060. The number of carbonyl (C=O) groups is 2. The van der Waals surface area contributed by atoms with E-state index in [1.165, 1.54) is 22.5 Å². The predicted octanol–water partition coefficient (Wildman–Crippen LogP) is 5.32. The number of halogens is 3. The van der Waals surface area contributed by atoms with Gasteiger partial charge in [-0.15, -0.1) is 0 Å². The molecule has 2 aromatic heterocycles. The van der Waals surface area contributed by atoms with Gasteiger partial charge in [-0.05, 0) is 30.7 Å². The molecule has 0 N–H and O–H groups in total. The van der Waals surface area contributed by atoms with Crippen molar-refractivity contribution in [3.63, 3.8) is 0 Å². The zero-order chi connectivity index (χ0) is 20.7. The second-order valence-electron chi connectivity index (χ2n) is 6.37. The maximum atomic E-state index is 13.0. The highest BCUT2D eigenvalue weighted by Gasteiger charge is 2.42. The lowest BCUT2D eigenvalue weighted by Gasteiger charge is -2.19. The third-order valence-electron chi connectivity index (χ3n) is 4.30.